The quantitative estimate of drug-likeness (QED) is 0.837. The molecule has 1 fully saturated rings. The van der Waals surface area contributed by atoms with E-state index in [-0.39, 0.29) is 40.9 Å². The first-order chi connectivity index (χ1) is 9.90. The summed E-state index contributed by atoms with van der Waals surface area (Å²) >= 11 is -0.243. The number of likely N-dealkylation sites (N-methyl/N-ethyl adjacent to an activating group) is 1. The molecule has 1 saturated heterocycles. The number of hydrogen-bond donors (Lipinski definition) is 2. The molecule has 0 radical (unpaired) electrons. The summed E-state index contributed by atoms with van der Waals surface area (Å²) in [6.07, 6.45) is 0. The second-order valence-electron chi connectivity index (χ2n) is 4.57. The monoisotopic (exact) mass is 320 g/mol. The van der Waals surface area contributed by atoms with Crippen molar-refractivity contribution in [1.29, 1.82) is 0 Å². The number of amides is 1. The number of para-hydroxylation sites is 1. The Kier molecular flexibility index (Phi) is 5.13. The molecule has 0 spiro atoms. The van der Waals surface area contributed by atoms with Crippen molar-refractivity contribution in [3.8, 4) is 0 Å². The zero-order valence-corrected chi connectivity index (χ0v) is 12.1. The Morgan fingerprint density at radius 3 is 2.71 bits per heavy atom. The van der Waals surface area contributed by atoms with Gasteiger partial charge in [0.05, 0.1) is 24.8 Å². The van der Waals surface area contributed by atoms with Crippen LogP contribution >= 0.6 is 11.8 Å². The largest absolute Gasteiger partial charge is 0.446 e. The van der Waals surface area contributed by atoms with Gasteiger partial charge in [-0.25, -0.2) is 0 Å². The summed E-state index contributed by atoms with van der Waals surface area (Å²) in [6.45, 7) is 0.666. The van der Waals surface area contributed by atoms with Gasteiger partial charge in [0, 0.05) is 10.9 Å². The van der Waals surface area contributed by atoms with E-state index in [9.17, 15) is 18.0 Å². The number of carbonyl (C=O) groups is 1. The maximum atomic E-state index is 12.5. The number of alkyl halides is 3. The smallest absolute Gasteiger partial charge is 0.379 e. The standard InChI is InChI=1S/C13H15F3N2O2S/c1-17-10-7-20-6-8(10)12(19)18-9-4-2-3-5-11(9)21-13(14,15)16/h2-5,8,10,17H,6-7H2,1H3,(H,18,19). The molecule has 8 heteroatoms. The van der Waals surface area contributed by atoms with Crippen molar-refractivity contribution in [2.75, 3.05) is 25.6 Å². The van der Waals surface area contributed by atoms with Crippen LogP contribution in [-0.2, 0) is 9.53 Å². The van der Waals surface area contributed by atoms with Gasteiger partial charge in [0.15, 0.2) is 0 Å². The van der Waals surface area contributed by atoms with Crippen LogP contribution in [0.3, 0.4) is 0 Å². The molecule has 2 N–H and O–H groups in total. The minimum absolute atomic E-state index is 0.0294. The molecule has 1 aliphatic heterocycles. The number of hydrogen-bond acceptors (Lipinski definition) is 4. The lowest BCUT2D eigenvalue weighted by Gasteiger charge is -2.18. The first kappa shape index (κ1) is 16.1. The topological polar surface area (TPSA) is 50.4 Å². The third kappa shape index (κ3) is 4.36. The molecule has 1 aromatic carbocycles. The maximum Gasteiger partial charge on any atom is 0.446 e. The minimum Gasteiger partial charge on any atom is -0.379 e. The lowest BCUT2D eigenvalue weighted by molar-refractivity contribution is -0.120. The molecule has 2 atom stereocenters. The zero-order chi connectivity index (χ0) is 15.5. The average Bonchev–Trinajstić information content (AvgIpc) is 2.87. The zero-order valence-electron chi connectivity index (χ0n) is 11.2. The van der Waals surface area contributed by atoms with E-state index in [1.165, 1.54) is 18.2 Å². The van der Waals surface area contributed by atoms with Crippen LogP contribution in [0.5, 0.6) is 0 Å². The number of carbonyl (C=O) groups excluding carboxylic acids is 1. The van der Waals surface area contributed by atoms with E-state index >= 15 is 0 Å². The van der Waals surface area contributed by atoms with Gasteiger partial charge >= 0.3 is 5.51 Å². The molecule has 0 saturated carbocycles. The van der Waals surface area contributed by atoms with E-state index in [1.54, 1.807) is 13.1 Å². The number of anilines is 1. The molecular weight excluding hydrogens is 305 g/mol. The fraction of sp³-hybridized carbons (Fsp3) is 0.462. The normalized spacial score (nSPS) is 22.3. The number of thioether (sulfide) groups is 1. The predicted molar refractivity (Wildman–Crippen MR) is 74.1 cm³/mol. The van der Waals surface area contributed by atoms with Crippen molar-refractivity contribution < 1.29 is 22.7 Å². The lowest BCUT2D eigenvalue weighted by atomic mass is 10.0. The summed E-state index contributed by atoms with van der Waals surface area (Å²) in [5.41, 5.74) is -4.24. The number of halogens is 3. The molecule has 1 aromatic rings. The Bertz CT molecular complexity index is 510. The molecule has 4 nitrogen and oxygen atoms in total. The van der Waals surface area contributed by atoms with Gasteiger partial charge in [-0.15, -0.1) is 0 Å². The predicted octanol–water partition coefficient (Wildman–Crippen LogP) is 2.47. The molecule has 2 unspecified atom stereocenters. The van der Waals surface area contributed by atoms with Gasteiger partial charge in [-0.05, 0) is 30.9 Å². The first-order valence-electron chi connectivity index (χ1n) is 6.31. The second-order valence-corrected chi connectivity index (χ2v) is 5.68. The highest BCUT2D eigenvalue weighted by molar-refractivity contribution is 8.00. The fourth-order valence-electron chi connectivity index (χ4n) is 2.11. The van der Waals surface area contributed by atoms with Gasteiger partial charge in [0.1, 0.15) is 0 Å². The highest BCUT2D eigenvalue weighted by Crippen LogP contribution is 2.40. The summed E-state index contributed by atoms with van der Waals surface area (Å²) < 4.78 is 42.7. The van der Waals surface area contributed by atoms with E-state index in [4.69, 9.17) is 4.74 Å². The van der Waals surface area contributed by atoms with Crippen LogP contribution in [0.25, 0.3) is 0 Å². The summed E-state index contributed by atoms with van der Waals surface area (Å²) in [6, 6.07) is 5.73. The number of rotatable bonds is 4. The van der Waals surface area contributed by atoms with Crippen LogP contribution in [0.4, 0.5) is 18.9 Å². The third-order valence-corrected chi connectivity index (χ3v) is 3.97. The Morgan fingerprint density at radius 1 is 1.33 bits per heavy atom. The number of ether oxygens (including phenoxy) is 1. The summed E-state index contributed by atoms with van der Waals surface area (Å²) in [7, 11) is 1.72. The number of nitrogens with one attached hydrogen (secondary N) is 2. The van der Waals surface area contributed by atoms with E-state index in [2.05, 4.69) is 10.6 Å². The van der Waals surface area contributed by atoms with Crippen molar-refractivity contribution >= 4 is 23.4 Å². The molecule has 0 bridgehead atoms. The van der Waals surface area contributed by atoms with Crippen molar-refractivity contribution in [1.82, 2.24) is 5.32 Å². The third-order valence-electron chi connectivity index (χ3n) is 3.16. The van der Waals surface area contributed by atoms with Gasteiger partial charge in [-0.2, -0.15) is 13.2 Å². The molecule has 1 heterocycles. The lowest BCUT2D eigenvalue weighted by Crippen LogP contribution is -2.39. The Morgan fingerprint density at radius 2 is 2.05 bits per heavy atom. The van der Waals surface area contributed by atoms with Crippen LogP contribution in [-0.4, -0.2) is 37.7 Å². The highest BCUT2D eigenvalue weighted by atomic mass is 32.2. The van der Waals surface area contributed by atoms with E-state index in [1.807, 2.05) is 0 Å². The fourth-order valence-corrected chi connectivity index (χ4v) is 2.73. The van der Waals surface area contributed by atoms with Gasteiger partial charge in [-0.1, -0.05) is 12.1 Å². The second kappa shape index (κ2) is 6.67. The maximum absolute atomic E-state index is 12.5. The van der Waals surface area contributed by atoms with E-state index in [0.717, 1.165) is 0 Å². The number of benzene rings is 1. The summed E-state index contributed by atoms with van der Waals surface area (Å²) in [5.74, 6) is -0.763. The summed E-state index contributed by atoms with van der Waals surface area (Å²) in [4.78, 5) is 12.2. The minimum atomic E-state index is -4.40. The molecule has 2 rings (SSSR count). The van der Waals surface area contributed by atoms with Crippen LogP contribution in [0.2, 0.25) is 0 Å². The highest BCUT2D eigenvalue weighted by Gasteiger charge is 2.34. The molecular formula is C13H15F3N2O2S. The molecule has 0 aliphatic carbocycles. The van der Waals surface area contributed by atoms with E-state index < -0.39 is 11.4 Å². The molecule has 116 valence electrons. The van der Waals surface area contributed by atoms with Crippen LogP contribution < -0.4 is 10.6 Å². The van der Waals surface area contributed by atoms with Crippen LogP contribution in [0, 0.1) is 5.92 Å². The molecule has 1 amide bonds. The molecule has 21 heavy (non-hydrogen) atoms. The molecule has 1 aliphatic rings. The van der Waals surface area contributed by atoms with Gasteiger partial charge in [-0.3, -0.25) is 4.79 Å². The Balaban J connectivity index is 2.10. The average molecular weight is 320 g/mol. The summed E-state index contributed by atoms with van der Waals surface area (Å²) in [5, 5.41) is 5.52. The molecule has 0 aromatic heterocycles. The first-order valence-corrected chi connectivity index (χ1v) is 7.13. The van der Waals surface area contributed by atoms with Gasteiger partial charge in [0.25, 0.3) is 0 Å². The SMILES string of the molecule is CNC1COCC1C(=O)Nc1ccccc1SC(F)(F)F. The van der Waals surface area contributed by atoms with Crippen LogP contribution in [0.15, 0.2) is 29.2 Å². The van der Waals surface area contributed by atoms with Gasteiger partial charge < -0.3 is 15.4 Å². The van der Waals surface area contributed by atoms with Crippen molar-refractivity contribution in [3.63, 3.8) is 0 Å². The van der Waals surface area contributed by atoms with Crippen LogP contribution in [0.1, 0.15) is 0 Å². The van der Waals surface area contributed by atoms with Crippen molar-refractivity contribution in [2.24, 2.45) is 5.92 Å². The van der Waals surface area contributed by atoms with Gasteiger partial charge in [0.2, 0.25) is 5.91 Å². The Labute approximate surface area is 124 Å². The van der Waals surface area contributed by atoms with Crippen molar-refractivity contribution in [3.05, 3.63) is 24.3 Å². The van der Waals surface area contributed by atoms with E-state index in [0.29, 0.717) is 6.61 Å². The van der Waals surface area contributed by atoms with Crippen molar-refractivity contribution in [2.45, 2.75) is 16.4 Å². The Hall–Kier alpha value is -1.25.